The van der Waals surface area contributed by atoms with Crippen molar-refractivity contribution in [1.29, 1.82) is 0 Å². The number of carboxylic acids is 1. The highest BCUT2D eigenvalue weighted by Crippen LogP contribution is 2.43. The summed E-state index contributed by atoms with van der Waals surface area (Å²) in [5, 5.41) is 17.1. The smallest absolute Gasteiger partial charge is 0.355 e. The second-order valence-corrected chi connectivity index (χ2v) is 10.4. The molecule has 0 bridgehead atoms. The second kappa shape index (κ2) is 12.0. The Morgan fingerprint density at radius 3 is 2.50 bits per heavy atom. The molecule has 5 N–H and O–H groups in total. The number of pyridine rings is 1. The number of aromatic carboxylic acids is 1. The predicted molar refractivity (Wildman–Crippen MR) is 154 cm³/mol. The molecule has 1 aliphatic heterocycles. The first-order valence-corrected chi connectivity index (χ1v) is 14.0. The fraction of sp³-hybridized carbons (Fsp3) is 0.200. The number of benzene rings is 2. The fourth-order valence-corrected chi connectivity index (χ4v) is 5.67. The molecule has 0 saturated heterocycles. The zero-order chi connectivity index (χ0) is 30.0. The molecule has 0 fully saturated rings. The van der Waals surface area contributed by atoms with E-state index in [1.807, 2.05) is 18.4 Å². The molecule has 0 atom stereocenters. The summed E-state index contributed by atoms with van der Waals surface area (Å²) >= 11 is 1.46. The monoisotopic (exact) mass is 592 g/mol. The molecule has 4 aromatic rings. The molecular weight excluding hydrogens is 566 g/mol. The first-order valence-electron chi connectivity index (χ1n) is 13.1. The quantitative estimate of drug-likeness (QED) is 0.219. The number of anilines is 1. The van der Waals surface area contributed by atoms with Crippen LogP contribution >= 0.6 is 11.3 Å². The number of fused-ring (bicyclic) bond motifs is 3. The van der Waals surface area contributed by atoms with Crippen molar-refractivity contribution in [1.82, 2.24) is 10.3 Å². The Hall–Kier alpha value is -4.68. The van der Waals surface area contributed by atoms with E-state index in [2.05, 4.69) is 15.6 Å². The van der Waals surface area contributed by atoms with Crippen molar-refractivity contribution in [2.45, 2.75) is 26.3 Å². The van der Waals surface area contributed by atoms with Crippen LogP contribution in [-0.2, 0) is 13.0 Å². The maximum Gasteiger partial charge on any atom is 0.355 e. The van der Waals surface area contributed by atoms with Gasteiger partial charge in [0.2, 0.25) is 0 Å². The number of aromatic nitrogens is 1. The van der Waals surface area contributed by atoms with E-state index in [1.165, 1.54) is 23.5 Å². The van der Waals surface area contributed by atoms with E-state index in [0.717, 1.165) is 22.6 Å². The van der Waals surface area contributed by atoms with E-state index < -0.39 is 35.1 Å². The normalized spacial score (nSPS) is 12.0. The van der Waals surface area contributed by atoms with Crippen molar-refractivity contribution in [3.8, 4) is 27.3 Å². The number of carbonyl (C=O) groups is 3. The Balaban J connectivity index is 1.67. The zero-order valence-corrected chi connectivity index (χ0v) is 23.2. The van der Waals surface area contributed by atoms with Gasteiger partial charge in [-0.2, -0.15) is 0 Å². The van der Waals surface area contributed by atoms with Gasteiger partial charge in [-0.25, -0.2) is 18.6 Å². The first-order chi connectivity index (χ1) is 20.2. The predicted octanol–water partition coefficient (Wildman–Crippen LogP) is 5.24. The third kappa shape index (κ3) is 5.58. The summed E-state index contributed by atoms with van der Waals surface area (Å²) < 4.78 is 34.9. The van der Waals surface area contributed by atoms with E-state index in [-0.39, 0.29) is 40.2 Å². The molecular formula is C30H26F2N4O5S. The van der Waals surface area contributed by atoms with Crippen LogP contribution in [0, 0.1) is 11.6 Å². The zero-order valence-electron chi connectivity index (χ0n) is 22.4. The minimum atomic E-state index is -1.42. The van der Waals surface area contributed by atoms with Gasteiger partial charge in [0.25, 0.3) is 11.8 Å². The molecule has 0 spiro atoms. The number of ether oxygens (including phenoxy) is 1. The van der Waals surface area contributed by atoms with Crippen molar-refractivity contribution in [3.63, 3.8) is 0 Å². The average Bonchev–Trinajstić information content (AvgIpc) is 3.36. The Morgan fingerprint density at radius 2 is 1.81 bits per heavy atom. The molecule has 0 aliphatic carbocycles. The Bertz CT molecular complexity index is 1700. The van der Waals surface area contributed by atoms with E-state index in [4.69, 9.17) is 10.5 Å². The number of nitrogens with zero attached hydrogens (tertiary/aromatic N) is 1. The maximum absolute atomic E-state index is 14.4. The number of carbonyl (C=O) groups excluding carboxylic acids is 2. The van der Waals surface area contributed by atoms with Crippen LogP contribution in [0.3, 0.4) is 0 Å². The lowest BCUT2D eigenvalue weighted by Gasteiger charge is -2.17. The maximum atomic E-state index is 14.4. The summed E-state index contributed by atoms with van der Waals surface area (Å²) in [5.74, 6) is -4.12. The molecule has 3 heterocycles. The van der Waals surface area contributed by atoms with Gasteiger partial charge >= 0.3 is 5.97 Å². The van der Waals surface area contributed by atoms with Crippen LogP contribution < -0.4 is 21.1 Å². The van der Waals surface area contributed by atoms with Crippen LogP contribution in [0.1, 0.15) is 55.8 Å². The van der Waals surface area contributed by atoms with Crippen LogP contribution in [-0.4, -0.2) is 41.0 Å². The van der Waals surface area contributed by atoms with Crippen LogP contribution in [0.25, 0.3) is 21.6 Å². The molecule has 42 heavy (non-hydrogen) atoms. The highest BCUT2D eigenvalue weighted by Gasteiger charge is 2.27. The van der Waals surface area contributed by atoms with Crippen LogP contribution in [0.2, 0.25) is 0 Å². The SMILES string of the molecule is CCCNC(=O)c1ccc(-c2cc3c(cc2C(=O)Nc2cc(F)c(CN)c(F)c2)-c2sccc2CCO3)c(C(=O)O)n1. The number of thiophene rings is 1. The Kier molecular flexibility index (Phi) is 8.27. The number of carboxylic acid groups (broad SMARTS) is 1. The van der Waals surface area contributed by atoms with Crippen molar-refractivity contribution in [3.05, 3.63) is 87.6 Å². The van der Waals surface area contributed by atoms with Crippen molar-refractivity contribution < 1.29 is 33.0 Å². The number of halogens is 2. The van der Waals surface area contributed by atoms with Crippen LogP contribution in [0.15, 0.2) is 47.8 Å². The number of nitrogens with one attached hydrogen (secondary N) is 2. The first kappa shape index (κ1) is 28.8. The van der Waals surface area contributed by atoms with Crippen LogP contribution in [0.5, 0.6) is 5.75 Å². The van der Waals surface area contributed by atoms with E-state index >= 15 is 0 Å². The van der Waals surface area contributed by atoms with Gasteiger partial charge in [-0.1, -0.05) is 6.92 Å². The lowest BCUT2D eigenvalue weighted by atomic mass is 9.93. The molecule has 2 aromatic carbocycles. The third-order valence-corrected chi connectivity index (χ3v) is 7.73. The summed E-state index contributed by atoms with van der Waals surface area (Å²) in [4.78, 5) is 43.6. The summed E-state index contributed by atoms with van der Waals surface area (Å²) in [6, 6.07) is 9.77. The average molecular weight is 593 g/mol. The molecule has 216 valence electrons. The van der Waals surface area contributed by atoms with Gasteiger partial charge in [0.15, 0.2) is 5.69 Å². The molecule has 2 amide bonds. The molecule has 12 heteroatoms. The minimum absolute atomic E-state index is 0.00908. The summed E-state index contributed by atoms with van der Waals surface area (Å²) in [5.41, 5.74) is 6.24. The fourth-order valence-electron chi connectivity index (χ4n) is 4.69. The number of rotatable bonds is 8. The lowest BCUT2D eigenvalue weighted by Crippen LogP contribution is -2.25. The highest BCUT2D eigenvalue weighted by molar-refractivity contribution is 7.13. The molecule has 1 aliphatic rings. The highest BCUT2D eigenvalue weighted by atomic mass is 32.1. The van der Waals surface area contributed by atoms with Gasteiger partial charge < -0.3 is 26.2 Å². The molecule has 2 aromatic heterocycles. The molecule has 9 nitrogen and oxygen atoms in total. The van der Waals surface area contributed by atoms with Gasteiger partial charge in [0.05, 0.1) is 6.61 Å². The molecule has 0 saturated carbocycles. The molecule has 0 unspecified atom stereocenters. The van der Waals surface area contributed by atoms with Gasteiger partial charge in [-0.15, -0.1) is 11.3 Å². The minimum Gasteiger partial charge on any atom is -0.493 e. The van der Waals surface area contributed by atoms with Crippen molar-refractivity contribution >= 4 is 34.8 Å². The van der Waals surface area contributed by atoms with Gasteiger partial charge in [-0.05, 0) is 59.8 Å². The molecule has 5 rings (SSSR count). The van der Waals surface area contributed by atoms with E-state index in [9.17, 15) is 28.3 Å². The summed E-state index contributed by atoms with van der Waals surface area (Å²) in [7, 11) is 0. The van der Waals surface area contributed by atoms with Gasteiger partial charge in [-0.3, -0.25) is 9.59 Å². The standard InChI is InChI=1S/C30H26F2N4O5S/c1-2-7-34-29(38)24-4-3-17(26(36-24)30(39)40)18-13-25-20(27-15(5-8-41-25)6-9-42-27)12-19(18)28(37)35-16-10-22(31)21(14-33)23(32)11-16/h3-4,6,9-13H,2,5,7-8,14,33H2,1H3,(H,34,38)(H,35,37)(H,39,40). The number of amides is 2. The van der Waals surface area contributed by atoms with Gasteiger partial charge in [0.1, 0.15) is 23.1 Å². The lowest BCUT2D eigenvalue weighted by molar-refractivity contribution is 0.0691. The molecule has 0 radical (unpaired) electrons. The van der Waals surface area contributed by atoms with E-state index in [0.29, 0.717) is 37.3 Å². The number of hydrogen-bond donors (Lipinski definition) is 4. The van der Waals surface area contributed by atoms with Crippen molar-refractivity contribution in [2.24, 2.45) is 5.73 Å². The van der Waals surface area contributed by atoms with Crippen LogP contribution in [0.4, 0.5) is 14.5 Å². The largest absolute Gasteiger partial charge is 0.493 e. The number of nitrogens with two attached hydrogens (primary N) is 1. The van der Waals surface area contributed by atoms with E-state index in [1.54, 1.807) is 12.1 Å². The third-order valence-electron chi connectivity index (χ3n) is 6.74. The summed E-state index contributed by atoms with van der Waals surface area (Å²) in [6.45, 7) is 2.26. The Morgan fingerprint density at radius 1 is 1.05 bits per heavy atom. The van der Waals surface area contributed by atoms with Gasteiger partial charge in [0, 0.05) is 57.9 Å². The summed E-state index contributed by atoms with van der Waals surface area (Å²) in [6.07, 6.45) is 1.30. The topological polar surface area (TPSA) is 144 Å². The number of hydrogen-bond acceptors (Lipinski definition) is 7. The Labute approximate surface area is 243 Å². The van der Waals surface area contributed by atoms with Crippen molar-refractivity contribution in [2.75, 3.05) is 18.5 Å². The second-order valence-electron chi connectivity index (χ2n) is 9.50.